The Bertz CT molecular complexity index is 2480. The van der Waals surface area contributed by atoms with Crippen LogP contribution in [0, 0.1) is 0 Å². The summed E-state index contributed by atoms with van der Waals surface area (Å²) in [6, 6.07) is 0. The third-order valence-electron chi connectivity index (χ3n) is 17.8. The molecule has 16 nitrogen and oxygen atoms in total. The normalized spacial score (nSPS) is 14.6. The van der Waals surface area contributed by atoms with Crippen molar-refractivity contribution in [2.75, 3.05) is 39.6 Å². The first kappa shape index (κ1) is 103. The molecule has 0 aromatic carbocycles. The van der Waals surface area contributed by atoms with Crippen molar-refractivity contribution in [2.45, 2.75) is 373 Å². The minimum Gasteiger partial charge on any atom is -0.463 e. The Labute approximate surface area is 652 Å². The molecule has 0 aliphatic rings. The van der Waals surface area contributed by atoms with E-state index in [0.717, 1.165) is 161 Å². The molecule has 616 valence electrons. The van der Waals surface area contributed by atoms with E-state index in [9.17, 15) is 43.5 Å². The van der Waals surface area contributed by atoms with Crippen LogP contribution in [0.2, 0.25) is 0 Å². The van der Waals surface area contributed by atoms with Crippen LogP contribution in [0.4, 0.5) is 0 Å². The number of aliphatic hydroxyl groups excluding tert-OH is 2. The largest absolute Gasteiger partial charge is 0.472 e. The predicted molar refractivity (Wildman–Crippen MR) is 445 cm³/mol. The van der Waals surface area contributed by atoms with E-state index in [1.54, 1.807) is 0 Å². The number of unbranched alkanes of at least 4 members (excludes halogenated alkanes) is 35. The van der Waals surface area contributed by atoms with Crippen molar-refractivity contribution in [3.63, 3.8) is 0 Å². The predicted octanol–water partition coefficient (Wildman–Crippen LogP) is 25.4. The number of rotatable bonds is 80. The highest BCUT2D eigenvalue weighted by atomic mass is 31.2. The van der Waals surface area contributed by atoms with Crippen LogP contribution in [0.15, 0.2) is 134 Å². The van der Waals surface area contributed by atoms with Crippen LogP contribution >= 0.6 is 15.6 Å². The third-order valence-corrected chi connectivity index (χ3v) is 19.7. The summed E-state index contributed by atoms with van der Waals surface area (Å²) >= 11 is 0. The van der Waals surface area contributed by atoms with Gasteiger partial charge in [-0.3, -0.25) is 32.5 Å². The summed E-state index contributed by atoms with van der Waals surface area (Å²) in [7, 11) is -9.80. The van der Waals surface area contributed by atoms with E-state index in [-0.39, 0.29) is 19.3 Å². The molecule has 18 heteroatoms. The van der Waals surface area contributed by atoms with Gasteiger partial charge in [-0.2, -0.15) is 0 Å². The van der Waals surface area contributed by atoms with Gasteiger partial charge in [-0.25, -0.2) is 9.13 Å². The standard InChI is InChI=1S/C89H154O16P2/c1-4-7-10-13-16-19-22-25-28-30-32-34-36-38-40-41-43-45-46-48-50-52-55-57-60-63-66-69-72-75-87(92)99-78-84(90)79-101-106(95,96)102-80-85(91)81-103-107(97,98)104-83-86(105-89(94)77-74-71-68-65-62-59-54-27-24-21-18-15-12-9-6-3)82-100-88(93)76-73-70-67-64-61-58-56-53-51-49-47-44-42-39-37-35-33-31-29-26-23-20-17-14-11-8-5-2/h7-8,10-11,16-17,19-20,25-29,32-35,38-40,42,54,84-86,90-91H,4-6,9,12-15,18,21-24,30-31,36-37,41,43-53,55-83H2,1-3H3,(H,95,96)(H,97,98)/b10-7-,11-8-,19-16-,20-17-,28-25-,29-26-,34-32-,35-33-,40-38-,42-39-,54-27-. The van der Waals surface area contributed by atoms with Gasteiger partial charge in [0.05, 0.1) is 26.4 Å². The number of phosphoric ester groups is 2. The Hall–Kier alpha value is -4.31. The Balaban J connectivity index is 4.52. The van der Waals surface area contributed by atoms with Crippen molar-refractivity contribution in [1.29, 1.82) is 0 Å². The molecule has 0 aromatic heterocycles. The number of phosphoric acid groups is 2. The van der Waals surface area contributed by atoms with E-state index in [1.165, 1.54) is 135 Å². The SMILES string of the molecule is CC/C=C\C/C=C\C/C=C\C/C=C\C/C=C\CCCCCCCCCCCCCCCC(=O)OCC(O)COP(=O)(O)OCC(O)COP(=O)(O)OCC(COC(=O)CCCCCCCCCCCCC/C=C\C/C=C\C/C=C\C/C=C\C/C=C\CC)OC(=O)CCCCCCC/C=C\CCCCCCCC. The zero-order valence-electron chi connectivity index (χ0n) is 67.5. The Morgan fingerprint density at radius 3 is 0.794 bits per heavy atom. The van der Waals surface area contributed by atoms with E-state index in [4.69, 9.17) is 32.3 Å². The molecule has 0 fully saturated rings. The number of carbonyl (C=O) groups excluding carboxylic acids is 3. The van der Waals surface area contributed by atoms with Crippen molar-refractivity contribution in [1.82, 2.24) is 0 Å². The highest BCUT2D eigenvalue weighted by molar-refractivity contribution is 7.47. The molecule has 0 heterocycles. The number of hydrogen-bond donors (Lipinski definition) is 4. The summed E-state index contributed by atoms with van der Waals surface area (Å²) in [5.41, 5.74) is 0. The first-order valence-electron chi connectivity index (χ1n) is 42.5. The minimum absolute atomic E-state index is 0.0934. The van der Waals surface area contributed by atoms with Crippen LogP contribution in [0.1, 0.15) is 355 Å². The van der Waals surface area contributed by atoms with Crippen LogP contribution < -0.4 is 0 Å². The van der Waals surface area contributed by atoms with Gasteiger partial charge >= 0.3 is 33.6 Å². The number of carbonyl (C=O) groups is 3. The fourth-order valence-corrected chi connectivity index (χ4v) is 13.0. The summed E-state index contributed by atoms with van der Waals surface area (Å²) in [6.07, 6.45) is 99.3. The maximum atomic E-state index is 13.0. The van der Waals surface area contributed by atoms with Crippen molar-refractivity contribution < 1.29 is 75.8 Å². The number of esters is 3. The summed E-state index contributed by atoms with van der Waals surface area (Å²) in [5.74, 6) is -1.58. The van der Waals surface area contributed by atoms with Crippen molar-refractivity contribution >= 4 is 33.6 Å². The molecule has 5 unspecified atom stereocenters. The van der Waals surface area contributed by atoms with Gasteiger partial charge in [-0.05, 0) is 135 Å². The lowest BCUT2D eigenvalue weighted by Gasteiger charge is -2.21. The molecule has 0 rings (SSSR count). The number of aliphatic hydroxyl groups is 2. The quantitative estimate of drug-likeness (QED) is 0.0146. The number of hydrogen-bond acceptors (Lipinski definition) is 14. The van der Waals surface area contributed by atoms with Gasteiger partial charge in [0.2, 0.25) is 0 Å². The van der Waals surface area contributed by atoms with Gasteiger partial charge in [0.25, 0.3) is 0 Å². The fourth-order valence-electron chi connectivity index (χ4n) is 11.4. The van der Waals surface area contributed by atoms with Gasteiger partial charge in [-0.1, -0.05) is 334 Å². The Morgan fingerprint density at radius 2 is 0.495 bits per heavy atom. The average Bonchev–Trinajstić information content (AvgIpc) is 0.914. The second kappa shape index (κ2) is 81.2. The lowest BCUT2D eigenvalue weighted by atomic mass is 10.0. The van der Waals surface area contributed by atoms with E-state index >= 15 is 0 Å². The van der Waals surface area contributed by atoms with E-state index in [2.05, 4.69) is 154 Å². The molecule has 107 heavy (non-hydrogen) atoms. The van der Waals surface area contributed by atoms with E-state index < -0.39 is 91.5 Å². The molecule has 0 bridgehead atoms. The molecule has 5 atom stereocenters. The molecule has 0 radical (unpaired) electrons. The van der Waals surface area contributed by atoms with Crippen LogP contribution in [0.5, 0.6) is 0 Å². The van der Waals surface area contributed by atoms with Crippen LogP contribution in [-0.4, -0.2) is 95.9 Å². The third kappa shape index (κ3) is 82.5. The summed E-state index contributed by atoms with van der Waals surface area (Å²) in [6.45, 7) is 2.47. The highest BCUT2D eigenvalue weighted by Crippen LogP contribution is 2.45. The van der Waals surface area contributed by atoms with E-state index in [1.807, 2.05) is 0 Å². The van der Waals surface area contributed by atoms with Crippen molar-refractivity contribution in [2.24, 2.45) is 0 Å². The summed E-state index contributed by atoms with van der Waals surface area (Å²) < 4.78 is 61.3. The molecular weight excluding hydrogens is 1390 g/mol. The highest BCUT2D eigenvalue weighted by Gasteiger charge is 2.29. The zero-order valence-corrected chi connectivity index (χ0v) is 69.3. The Morgan fingerprint density at radius 1 is 0.271 bits per heavy atom. The first-order valence-corrected chi connectivity index (χ1v) is 45.5. The molecule has 0 aliphatic carbocycles. The molecule has 0 aromatic rings. The second-order valence-electron chi connectivity index (χ2n) is 28.2. The van der Waals surface area contributed by atoms with E-state index in [0.29, 0.717) is 19.3 Å². The topological polar surface area (TPSA) is 231 Å². The molecule has 0 amide bonds. The smallest absolute Gasteiger partial charge is 0.463 e. The lowest BCUT2D eigenvalue weighted by Crippen LogP contribution is -2.30. The maximum Gasteiger partial charge on any atom is 0.472 e. The van der Waals surface area contributed by atoms with Crippen LogP contribution in [0.3, 0.4) is 0 Å². The van der Waals surface area contributed by atoms with Gasteiger partial charge in [0.15, 0.2) is 6.10 Å². The van der Waals surface area contributed by atoms with Crippen LogP contribution in [0.25, 0.3) is 0 Å². The molecule has 0 spiro atoms. The monoisotopic (exact) mass is 1540 g/mol. The average molecular weight is 1540 g/mol. The maximum absolute atomic E-state index is 13.0. The van der Waals surface area contributed by atoms with Crippen LogP contribution in [-0.2, 0) is 55.8 Å². The molecule has 4 N–H and O–H groups in total. The molecule has 0 saturated heterocycles. The van der Waals surface area contributed by atoms with Crippen molar-refractivity contribution in [3.8, 4) is 0 Å². The van der Waals surface area contributed by atoms with Gasteiger partial charge in [0, 0.05) is 19.3 Å². The van der Waals surface area contributed by atoms with Gasteiger partial charge < -0.3 is 34.2 Å². The summed E-state index contributed by atoms with van der Waals surface area (Å²) in [4.78, 5) is 58.8. The lowest BCUT2D eigenvalue weighted by molar-refractivity contribution is -0.161. The molecule has 0 saturated carbocycles. The van der Waals surface area contributed by atoms with Crippen molar-refractivity contribution in [3.05, 3.63) is 134 Å². The first-order chi connectivity index (χ1) is 52.2. The summed E-state index contributed by atoms with van der Waals surface area (Å²) in [5, 5.41) is 20.7. The van der Waals surface area contributed by atoms with Gasteiger partial charge in [-0.15, -0.1) is 0 Å². The number of allylic oxidation sites excluding steroid dienone is 22. The molecular formula is C89H154O16P2. The second-order valence-corrected chi connectivity index (χ2v) is 31.1. The minimum atomic E-state index is -4.94. The molecule has 0 aliphatic heterocycles. The Kier molecular flexibility index (Phi) is 77.9. The number of ether oxygens (including phenoxy) is 3. The fraction of sp³-hybridized carbons (Fsp3) is 0.719. The zero-order chi connectivity index (χ0) is 78.0. The van der Waals surface area contributed by atoms with Gasteiger partial charge in [0.1, 0.15) is 25.4 Å².